The first-order valence-electron chi connectivity index (χ1n) is 16.7. The third-order valence-electron chi connectivity index (χ3n) is 8.44. The Morgan fingerprint density at radius 3 is 1.85 bits per heavy atom. The van der Waals surface area contributed by atoms with Crippen molar-refractivity contribution in [3.63, 3.8) is 0 Å². The molecule has 53 heavy (non-hydrogen) atoms. The lowest BCUT2D eigenvalue weighted by Gasteiger charge is -2.13. The van der Waals surface area contributed by atoms with Crippen LogP contribution in [0.1, 0.15) is 76.8 Å². The molecule has 5 N–H and O–H groups in total. The van der Waals surface area contributed by atoms with E-state index in [4.69, 9.17) is 5.73 Å². The van der Waals surface area contributed by atoms with Gasteiger partial charge in [0.15, 0.2) is 0 Å². The first-order valence-corrected chi connectivity index (χ1v) is 18.6. The van der Waals surface area contributed by atoms with Crippen molar-refractivity contribution in [2.45, 2.75) is 74.1 Å². The summed E-state index contributed by atoms with van der Waals surface area (Å²) in [5.74, 6) is -0.839. The van der Waals surface area contributed by atoms with Crippen LogP contribution < -0.4 is 21.1 Å². The summed E-state index contributed by atoms with van der Waals surface area (Å²) in [5.41, 5.74) is 10.4. The maximum Gasteiger partial charge on any atom is 0.276 e. The molecule has 0 atom stereocenters. The van der Waals surface area contributed by atoms with Crippen LogP contribution in [0.15, 0.2) is 48.5 Å². The number of hydrogen-bond donors (Lipinski definition) is 4. The number of amides is 3. The van der Waals surface area contributed by atoms with Crippen molar-refractivity contribution in [1.82, 2.24) is 38.7 Å². The second-order valence-corrected chi connectivity index (χ2v) is 14.1. The zero-order valence-electron chi connectivity index (χ0n) is 29.5. The van der Waals surface area contributed by atoms with Crippen LogP contribution in [0.2, 0.25) is 0 Å². The number of nitrogens with two attached hydrogens (primary N) is 1. The Morgan fingerprint density at radius 2 is 1.32 bits per heavy atom. The summed E-state index contributed by atoms with van der Waals surface area (Å²) in [6.45, 7) is 9.23. The summed E-state index contributed by atoms with van der Waals surface area (Å²) in [6.07, 6.45) is 2.23. The number of imidazole rings is 2. The topological polar surface area (TPSA) is 219 Å². The molecule has 0 fully saturated rings. The van der Waals surface area contributed by atoms with E-state index in [1.165, 1.54) is 0 Å². The van der Waals surface area contributed by atoms with Crippen molar-refractivity contribution >= 4 is 67.4 Å². The van der Waals surface area contributed by atoms with Gasteiger partial charge in [-0.25, -0.2) is 18.4 Å². The number of benzene rings is 2. The van der Waals surface area contributed by atoms with Crippen LogP contribution >= 0.6 is 0 Å². The molecule has 18 heteroatoms. The van der Waals surface area contributed by atoms with E-state index in [9.17, 15) is 22.8 Å². The van der Waals surface area contributed by atoms with Crippen LogP contribution in [-0.2, 0) is 36.2 Å². The molecule has 0 aliphatic rings. The molecular weight excluding hydrogens is 701 g/mol. The van der Waals surface area contributed by atoms with Gasteiger partial charge < -0.3 is 14.9 Å². The molecule has 6 rings (SSSR count). The molecule has 3 amide bonds. The average molecular weight is 745 g/mol. The molecule has 0 saturated carbocycles. The predicted octanol–water partition coefficient (Wildman–Crippen LogP) is 4.53. The van der Waals surface area contributed by atoms with Crippen LogP contribution in [0.25, 0.3) is 22.1 Å². The molecule has 0 aliphatic carbocycles. The van der Waals surface area contributed by atoms with Crippen LogP contribution in [0.3, 0.4) is 0 Å². The highest BCUT2D eigenvalue weighted by molar-refractivity contribution is 7.92. The van der Waals surface area contributed by atoms with Gasteiger partial charge in [-0.3, -0.25) is 39.1 Å². The van der Waals surface area contributed by atoms with Gasteiger partial charge in [-0.15, -0.1) is 0 Å². The molecule has 0 aliphatic heterocycles. The number of nitrogens with zero attached hydrogens (tertiary/aromatic N) is 8. The van der Waals surface area contributed by atoms with E-state index in [1.54, 1.807) is 58.8 Å². The Balaban J connectivity index is 0.00000541. The van der Waals surface area contributed by atoms with Crippen LogP contribution in [-0.4, -0.2) is 71.1 Å². The van der Waals surface area contributed by atoms with Gasteiger partial charge in [-0.2, -0.15) is 10.2 Å². The summed E-state index contributed by atoms with van der Waals surface area (Å²) in [6, 6.07) is 13.5. The van der Waals surface area contributed by atoms with Gasteiger partial charge >= 0.3 is 0 Å². The number of rotatable bonds is 14. The third kappa shape index (κ3) is 8.06. The quantitative estimate of drug-likeness (QED) is 0.115. The Morgan fingerprint density at radius 1 is 0.774 bits per heavy atom. The number of anilines is 3. The maximum absolute atomic E-state index is 13.5. The van der Waals surface area contributed by atoms with E-state index in [0.29, 0.717) is 89.8 Å². The number of sulfonamides is 1. The molecule has 280 valence electrons. The van der Waals surface area contributed by atoms with Crippen molar-refractivity contribution in [1.29, 1.82) is 0 Å². The number of para-hydroxylation sites is 1. The molecule has 4 aromatic heterocycles. The van der Waals surface area contributed by atoms with E-state index in [0.717, 1.165) is 6.26 Å². The van der Waals surface area contributed by atoms with Crippen molar-refractivity contribution in [2.24, 2.45) is 5.73 Å². The van der Waals surface area contributed by atoms with Gasteiger partial charge in [0.05, 0.1) is 39.9 Å². The molecule has 0 bridgehead atoms. The molecule has 0 unspecified atom stereocenters. The van der Waals surface area contributed by atoms with Crippen molar-refractivity contribution < 1.29 is 22.8 Å². The number of carbonyl (C=O) groups is 3. The summed E-state index contributed by atoms with van der Waals surface area (Å²) in [7, 11) is -3.62. The molecular formula is C35H44N12O5S. The number of carbonyl (C=O) groups excluding carboxylic acids is 3. The highest BCUT2D eigenvalue weighted by Crippen LogP contribution is 2.29. The molecule has 0 saturated heterocycles. The van der Waals surface area contributed by atoms with Crippen LogP contribution in [0.4, 0.5) is 17.6 Å². The summed E-state index contributed by atoms with van der Waals surface area (Å²) in [5, 5.41) is 14.6. The van der Waals surface area contributed by atoms with E-state index >= 15 is 0 Å². The van der Waals surface area contributed by atoms with Gasteiger partial charge in [-0.1, -0.05) is 13.5 Å². The number of nitrogens with one attached hydrogen (secondary N) is 3. The van der Waals surface area contributed by atoms with Crippen LogP contribution in [0.5, 0.6) is 0 Å². The molecule has 17 nitrogen and oxygen atoms in total. The Bertz CT molecular complexity index is 2460. The van der Waals surface area contributed by atoms with Gasteiger partial charge in [0.25, 0.3) is 11.8 Å². The lowest BCUT2D eigenvalue weighted by molar-refractivity contribution is 0.0995. The highest BCUT2D eigenvalue weighted by Gasteiger charge is 2.22. The van der Waals surface area contributed by atoms with E-state index < -0.39 is 21.8 Å². The lowest BCUT2D eigenvalue weighted by Crippen LogP contribution is -2.20. The first kappa shape index (κ1) is 38.2. The fraction of sp³-hybridized carbons (Fsp3) is 0.343. The van der Waals surface area contributed by atoms with Crippen molar-refractivity contribution in [2.75, 3.05) is 21.6 Å². The molecule has 0 spiro atoms. The van der Waals surface area contributed by atoms with Gasteiger partial charge in [0, 0.05) is 31.7 Å². The van der Waals surface area contributed by atoms with Gasteiger partial charge in [0.1, 0.15) is 16.9 Å². The fourth-order valence-electron chi connectivity index (χ4n) is 6.17. The monoisotopic (exact) mass is 744 g/mol. The minimum Gasteiger partial charge on any atom is -0.366 e. The number of unbranched alkanes of at least 4 members (excludes halogenated alkanes) is 1. The summed E-state index contributed by atoms with van der Waals surface area (Å²) >= 11 is 0. The number of fused-ring (bicyclic) bond motifs is 2. The van der Waals surface area contributed by atoms with E-state index in [1.807, 2.05) is 36.0 Å². The second kappa shape index (κ2) is 15.3. The van der Waals surface area contributed by atoms with Crippen LogP contribution in [0, 0.1) is 13.8 Å². The number of aromatic nitrogens is 8. The lowest BCUT2D eigenvalue weighted by atomic mass is 10.2. The normalized spacial score (nSPS) is 11.5. The van der Waals surface area contributed by atoms with E-state index in [2.05, 4.69) is 35.5 Å². The van der Waals surface area contributed by atoms with Gasteiger partial charge in [0.2, 0.25) is 27.8 Å². The standard InChI is InChI=1S/C34H40N12O5S.CH4/c1-6-45-27(17-20(3)40-45)31(48)38-33-36-24-19-22(30(35)47)13-14-25(24)43(33)15-8-9-16-44-26-12-10-11-23(42-52(5,50)51)29(26)37-34(44)39-32(49)28-18-21(4)41-46(28)7-2;/h10-14,17-19,42H,6-9,15-16H2,1-5H3,(H2,35,47)(H,36,38,48)(H,37,39,49);1H4. The van der Waals surface area contributed by atoms with Crippen molar-refractivity contribution in [3.8, 4) is 0 Å². The minimum absolute atomic E-state index is 0. The zero-order chi connectivity index (χ0) is 37.3. The van der Waals surface area contributed by atoms with Gasteiger partial charge in [-0.05, 0) is 83.0 Å². The Hall–Kier alpha value is -6.04. The summed E-state index contributed by atoms with van der Waals surface area (Å²) < 4.78 is 33.8. The molecule has 6 aromatic rings. The third-order valence-corrected chi connectivity index (χ3v) is 9.03. The molecule has 2 aromatic carbocycles. The highest BCUT2D eigenvalue weighted by atomic mass is 32.2. The second-order valence-electron chi connectivity index (χ2n) is 12.4. The average Bonchev–Trinajstić information content (AvgIpc) is 3.85. The Labute approximate surface area is 306 Å². The largest absolute Gasteiger partial charge is 0.366 e. The smallest absolute Gasteiger partial charge is 0.276 e. The molecule has 4 heterocycles. The number of aryl methyl sites for hydroxylation is 6. The Kier molecular flexibility index (Phi) is 11.0. The summed E-state index contributed by atoms with van der Waals surface area (Å²) in [4.78, 5) is 48.1. The fourth-order valence-corrected chi connectivity index (χ4v) is 6.73. The predicted molar refractivity (Wildman–Crippen MR) is 204 cm³/mol. The first-order chi connectivity index (χ1) is 24.8. The molecule has 0 radical (unpaired) electrons. The number of primary amides is 1. The van der Waals surface area contributed by atoms with E-state index in [-0.39, 0.29) is 30.5 Å². The maximum atomic E-state index is 13.5. The number of hydrogen-bond acceptors (Lipinski definition) is 9. The minimum atomic E-state index is -3.62. The zero-order valence-corrected chi connectivity index (χ0v) is 30.3. The van der Waals surface area contributed by atoms with Crippen molar-refractivity contribution in [3.05, 3.63) is 76.9 Å². The SMILES string of the molecule is C.CCn1nc(C)cc1C(=O)Nc1nc2cc(C(N)=O)ccc2n1CCCCn1c(NC(=O)c2cc(C)nn2CC)nc2c(NS(C)(=O)=O)cccc21.